The fourth-order valence-electron chi connectivity index (χ4n) is 1.89. The Morgan fingerprint density at radius 3 is 2.43 bits per heavy atom. The second kappa shape index (κ2) is 6.09. The van der Waals surface area contributed by atoms with E-state index in [1.165, 1.54) is 26.0 Å². The van der Waals surface area contributed by atoms with Crippen molar-refractivity contribution in [2.45, 2.75) is 26.3 Å². The molecule has 1 aromatic carbocycles. The largest absolute Gasteiger partial charge is 0.480 e. The van der Waals surface area contributed by atoms with Crippen molar-refractivity contribution in [2.75, 3.05) is 6.54 Å². The van der Waals surface area contributed by atoms with Gasteiger partial charge in [-0.15, -0.1) is 0 Å². The highest BCUT2D eigenvalue weighted by atomic mass is 35.5. The Hall–Kier alpha value is -2.15. The topological polar surface area (TPSA) is 101 Å². The van der Waals surface area contributed by atoms with Gasteiger partial charge >= 0.3 is 5.97 Å². The van der Waals surface area contributed by atoms with Crippen LogP contribution in [0.1, 0.15) is 31.1 Å². The maximum Gasteiger partial charge on any atom is 0.329 e. The fourth-order valence-corrected chi connectivity index (χ4v) is 2.06. The molecule has 0 aromatic heterocycles. The minimum atomic E-state index is -1.50. The summed E-state index contributed by atoms with van der Waals surface area (Å²) >= 11 is 5.78. The predicted octanol–water partition coefficient (Wildman–Crippen LogP) is 2.57. The van der Waals surface area contributed by atoms with Crippen LogP contribution in [0.2, 0.25) is 5.02 Å². The number of hydrogen-bond acceptors (Lipinski definition) is 4. The van der Waals surface area contributed by atoms with Crippen molar-refractivity contribution in [2.24, 2.45) is 0 Å². The lowest BCUT2D eigenvalue weighted by atomic mass is 10.0. The first-order valence-corrected chi connectivity index (χ1v) is 6.50. The number of carbonyl (C=O) groups is 2. The van der Waals surface area contributed by atoms with Gasteiger partial charge in [0.1, 0.15) is 11.1 Å². The van der Waals surface area contributed by atoms with Crippen molar-refractivity contribution >= 4 is 29.2 Å². The number of nitro groups is 1. The van der Waals surface area contributed by atoms with Gasteiger partial charge in [0.2, 0.25) is 0 Å². The van der Waals surface area contributed by atoms with Gasteiger partial charge in [0, 0.05) is 17.6 Å². The molecule has 1 rings (SSSR count). The van der Waals surface area contributed by atoms with Gasteiger partial charge in [-0.2, -0.15) is 0 Å². The van der Waals surface area contributed by atoms with Crippen LogP contribution in [0.15, 0.2) is 18.2 Å². The third-order valence-corrected chi connectivity index (χ3v) is 3.38. The van der Waals surface area contributed by atoms with Crippen molar-refractivity contribution in [3.63, 3.8) is 0 Å². The SMILES string of the molecule is CCN(C(=O)c1cc(Cl)ccc1[N+](=O)[O-])C(C)(C)C(=O)O. The van der Waals surface area contributed by atoms with Crippen LogP contribution in [0.4, 0.5) is 5.69 Å². The molecule has 0 heterocycles. The van der Waals surface area contributed by atoms with Crippen molar-refractivity contribution < 1.29 is 19.6 Å². The normalized spacial score (nSPS) is 11.0. The lowest BCUT2D eigenvalue weighted by Gasteiger charge is -2.34. The fraction of sp³-hybridized carbons (Fsp3) is 0.385. The van der Waals surface area contributed by atoms with E-state index in [9.17, 15) is 24.8 Å². The quantitative estimate of drug-likeness (QED) is 0.665. The van der Waals surface area contributed by atoms with Gasteiger partial charge in [-0.05, 0) is 32.9 Å². The number of nitrogens with zero attached hydrogens (tertiary/aromatic N) is 2. The number of aliphatic carboxylic acids is 1. The predicted molar refractivity (Wildman–Crippen MR) is 76.5 cm³/mol. The van der Waals surface area contributed by atoms with E-state index in [1.54, 1.807) is 6.92 Å². The molecule has 0 fully saturated rings. The second-order valence-electron chi connectivity index (χ2n) is 4.83. The smallest absolute Gasteiger partial charge is 0.329 e. The van der Waals surface area contributed by atoms with Gasteiger partial charge in [-0.1, -0.05) is 11.6 Å². The number of carbonyl (C=O) groups excluding carboxylic acids is 1. The zero-order valence-electron chi connectivity index (χ0n) is 11.8. The first-order chi connectivity index (χ1) is 9.62. The summed E-state index contributed by atoms with van der Waals surface area (Å²) in [6.45, 7) is 4.39. The standard InChI is InChI=1S/C13H15ClN2O5/c1-4-15(13(2,3)12(18)19)11(17)9-7-8(14)5-6-10(9)16(20)21/h5-7H,4H2,1-3H3,(H,18,19). The zero-order valence-corrected chi connectivity index (χ0v) is 12.5. The summed E-state index contributed by atoms with van der Waals surface area (Å²) < 4.78 is 0. The average molecular weight is 315 g/mol. The van der Waals surface area contributed by atoms with Crippen LogP contribution < -0.4 is 0 Å². The molecular formula is C13H15ClN2O5. The molecule has 114 valence electrons. The van der Waals surface area contributed by atoms with Crippen molar-refractivity contribution in [1.29, 1.82) is 0 Å². The van der Waals surface area contributed by atoms with Gasteiger partial charge in [-0.25, -0.2) is 4.79 Å². The molecule has 0 unspecified atom stereocenters. The number of carboxylic acids is 1. The van der Waals surface area contributed by atoms with E-state index in [0.29, 0.717) is 0 Å². The molecule has 7 nitrogen and oxygen atoms in total. The maximum atomic E-state index is 12.5. The zero-order chi connectivity index (χ0) is 16.4. The van der Waals surface area contributed by atoms with Crippen LogP contribution in [0, 0.1) is 10.1 Å². The Morgan fingerprint density at radius 1 is 1.43 bits per heavy atom. The van der Waals surface area contributed by atoms with Crippen LogP contribution in [0.25, 0.3) is 0 Å². The molecule has 0 bridgehead atoms. The van der Waals surface area contributed by atoms with Crippen molar-refractivity contribution in [1.82, 2.24) is 4.90 Å². The number of benzene rings is 1. The van der Waals surface area contributed by atoms with E-state index in [0.717, 1.165) is 11.0 Å². The van der Waals surface area contributed by atoms with Crippen molar-refractivity contribution in [3.8, 4) is 0 Å². The third-order valence-electron chi connectivity index (χ3n) is 3.15. The number of amides is 1. The molecule has 21 heavy (non-hydrogen) atoms. The molecule has 8 heteroatoms. The van der Waals surface area contributed by atoms with Crippen LogP contribution in [0.3, 0.4) is 0 Å². The van der Waals surface area contributed by atoms with E-state index in [1.807, 2.05) is 0 Å². The monoisotopic (exact) mass is 314 g/mol. The Labute approximate surface area is 126 Å². The van der Waals surface area contributed by atoms with Gasteiger partial charge < -0.3 is 10.0 Å². The molecular weight excluding hydrogens is 300 g/mol. The minimum absolute atomic E-state index is 0.0851. The van der Waals surface area contributed by atoms with E-state index < -0.39 is 28.0 Å². The Morgan fingerprint density at radius 2 is 2.00 bits per heavy atom. The molecule has 0 aliphatic rings. The highest BCUT2D eigenvalue weighted by Gasteiger charge is 2.39. The number of hydrogen-bond donors (Lipinski definition) is 1. The number of nitro benzene ring substituents is 1. The molecule has 0 aliphatic carbocycles. The molecule has 0 radical (unpaired) electrons. The number of carboxylic acid groups (broad SMARTS) is 1. The summed E-state index contributed by atoms with van der Waals surface area (Å²) in [6.07, 6.45) is 0. The lowest BCUT2D eigenvalue weighted by molar-refractivity contribution is -0.385. The summed E-state index contributed by atoms with van der Waals surface area (Å²) in [4.78, 5) is 35.1. The number of likely N-dealkylation sites (N-methyl/N-ethyl adjacent to an activating group) is 1. The number of rotatable bonds is 5. The molecule has 1 N–H and O–H groups in total. The first kappa shape index (κ1) is 16.9. The van der Waals surface area contributed by atoms with Gasteiger partial charge in [0.15, 0.2) is 0 Å². The van der Waals surface area contributed by atoms with E-state index in [4.69, 9.17) is 11.6 Å². The Bertz CT molecular complexity index is 600. The molecule has 0 saturated heterocycles. The first-order valence-electron chi connectivity index (χ1n) is 6.12. The Balaban J connectivity index is 3.39. The molecule has 0 atom stereocenters. The van der Waals surface area contributed by atoms with Crippen LogP contribution in [-0.4, -0.2) is 38.9 Å². The summed E-state index contributed by atoms with van der Waals surface area (Å²) in [5, 5.41) is 20.4. The van der Waals surface area contributed by atoms with Crippen LogP contribution in [0.5, 0.6) is 0 Å². The minimum Gasteiger partial charge on any atom is -0.480 e. The maximum absolute atomic E-state index is 12.5. The summed E-state index contributed by atoms with van der Waals surface area (Å²) in [7, 11) is 0. The van der Waals surface area contributed by atoms with Gasteiger partial charge in [-0.3, -0.25) is 14.9 Å². The highest BCUT2D eigenvalue weighted by Crippen LogP contribution is 2.27. The van der Waals surface area contributed by atoms with E-state index >= 15 is 0 Å². The van der Waals surface area contributed by atoms with Crippen LogP contribution >= 0.6 is 11.6 Å². The summed E-state index contributed by atoms with van der Waals surface area (Å²) in [5.41, 5.74) is -2.14. The summed E-state index contributed by atoms with van der Waals surface area (Å²) in [5.74, 6) is -1.96. The van der Waals surface area contributed by atoms with Gasteiger partial charge in [0.05, 0.1) is 4.92 Å². The molecule has 1 aromatic rings. The van der Waals surface area contributed by atoms with E-state index in [2.05, 4.69) is 0 Å². The lowest BCUT2D eigenvalue weighted by Crippen LogP contribution is -2.53. The highest BCUT2D eigenvalue weighted by molar-refractivity contribution is 6.31. The Kier molecular flexibility index (Phi) is 4.90. The third kappa shape index (κ3) is 3.30. The number of halogens is 1. The molecule has 0 saturated carbocycles. The van der Waals surface area contributed by atoms with Gasteiger partial charge in [0.25, 0.3) is 11.6 Å². The average Bonchev–Trinajstić information content (AvgIpc) is 2.38. The van der Waals surface area contributed by atoms with Crippen molar-refractivity contribution in [3.05, 3.63) is 38.9 Å². The molecule has 0 aliphatic heterocycles. The molecule has 1 amide bonds. The summed E-state index contributed by atoms with van der Waals surface area (Å²) in [6, 6.07) is 3.59. The second-order valence-corrected chi connectivity index (χ2v) is 5.27. The van der Waals surface area contributed by atoms with E-state index in [-0.39, 0.29) is 17.1 Å². The molecule has 0 spiro atoms. The van der Waals surface area contributed by atoms with Crippen LogP contribution in [-0.2, 0) is 4.79 Å².